The first-order valence-corrected chi connectivity index (χ1v) is 23.3. The fourth-order valence-electron chi connectivity index (χ4n) is 7.26. The zero-order valence-corrected chi connectivity index (χ0v) is 41.8. The van der Waals surface area contributed by atoms with Gasteiger partial charge in [-0.1, -0.05) is 203 Å². The van der Waals surface area contributed by atoms with E-state index >= 15 is 0 Å². The van der Waals surface area contributed by atoms with Crippen molar-refractivity contribution in [1.82, 2.24) is 0 Å². The Balaban J connectivity index is 0.00000112. The van der Waals surface area contributed by atoms with Gasteiger partial charge < -0.3 is 39.5 Å². The molecule has 0 bridgehead atoms. The van der Waals surface area contributed by atoms with Gasteiger partial charge in [0.2, 0.25) is 0 Å². The molecule has 2 aromatic rings. The van der Waals surface area contributed by atoms with Crippen LogP contribution in [0, 0.1) is 0 Å². The van der Waals surface area contributed by atoms with E-state index in [9.17, 15) is 30.0 Å². The van der Waals surface area contributed by atoms with Gasteiger partial charge in [0, 0.05) is 24.8 Å². The molecule has 0 aliphatic carbocycles. The summed E-state index contributed by atoms with van der Waals surface area (Å²) in [5, 5.41) is 40.9. The van der Waals surface area contributed by atoms with E-state index in [0.717, 1.165) is 36.8 Å². The minimum Gasteiger partial charge on any atom is -0.550 e. The Morgan fingerprint density at radius 3 is 1.03 bits per heavy atom. The number of rotatable bonds is 38. The molecule has 0 radical (unpaired) electrons. The Labute approximate surface area is 400 Å². The monoisotopic (exact) mass is 949 g/mol. The van der Waals surface area contributed by atoms with Crippen molar-refractivity contribution in [3.8, 4) is 0 Å². The number of aliphatic hydroxyl groups excluding tert-OH is 2. The third-order valence-corrected chi connectivity index (χ3v) is 10.9. The summed E-state index contributed by atoms with van der Waals surface area (Å²) in [7, 11) is 0. The second kappa shape index (κ2) is 42.1. The van der Waals surface area contributed by atoms with Crippen LogP contribution in [0.2, 0.25) is 0 Å². The largest absolute Gasteiger partial charge is 2.00 e. The van der Waals surface area contributed by atoms with Gasteiger partial charge in [0.1, 0.15) is 0 Å². The van der Waals surface area contributed by atoms with Gasteiger partial charge in [-0.25, -0.2) is 0 Å². The van der Waals surface area contributed by atoms with Crippen molar-refractivity contribution in [2.75, 3.05) is 0 Å². The Morgan fingerprint density at radius 2 is 0.746 bits per heavy atom. The van der Waals surface area contributed by atoms with Crippen molar-refractivity contribution in [3.63, 3.8) is 0 Å². The van der Waals surface area contributed by atoms with Gasteiger partial charge in [0.15, 0.2) is 0 Å². The molecule has 0 heterocycles. The summed E-state index contributed by atoms with van der Waals surface area (Å²) in [4.78, 5) is 21.3. The van der Waals surface area contributed by atoms with Gasteiger partial charge >= 0.3 is 48.9 Å². The molecule has 0 spiro atoms. The Hall–Kier alpha value is -1.21. The van der Waals surface area contributed by atoms with Crippen LogP contribution >= 0.6 is 0 Å². The molecule has 4 atom stereocenters. The summed E-state index contributed by atoms with van der Waals surface area (Å²) in [5.41, 5.74) is 2.27. The van der Waals surface area contributed by atoms with E-state index in [1.807, 2.05) is 60.7 Å². The van der Waals surface area contributed by atoms with Crippen LogP contribution in [0.4, 0.5) is 0 Å². The zero-order chi connectivity index (χ0) is 42.3. The predicted octanol–water partition coefficient (Wildman–Crippen LogP) is 9.95. The fourth-order valence-corrected chi connectivity index (χ4v) is 7.26. The molecule has 0 aromatic heterocycles. The van der Waals surface area contributed by atoms with Crippen molar-refractivity contribution in [1.29, 1.82) is 0 Å². The molecule has 59 heavy (non-hydrogen) atoms. The van der Waals surface area contributed by atoms with E-state index in [4.69, 9.17) is 9.47 Å². The second-order valence-corrected chi connectivity index (χ2v) is 16.4. The number of carbonyl (C=O) groups excluding carboxylic acids is 2. The number of carbonyl (C=O) groups is 2. The quantitative estimate of drug-likeness (QED) is 0.0501. The van der Waals surface area contributed by atoms with E-state index in [1.165, 1.54) is 116 Å². The Morgan fingerprint density at radius 1 is 0.458 bits per heavy atom. The third-order valence-electron chi connectivity index (χ3n) is 10.9. The Kier molecular flexibility index (Phi) is 41.2. The SMILES string of the molecule is CCCCCCCCCCCCC(CCC(O)CC(=O)[O-])OCc1ccccc1.CCCCCCCCCCCCC(CCC(O)CC(=O)[O-])OCc1ccccc1.[Ba+2]. The molecular formula is C50H82BaO8. The maximum atomic E-state index is 10.6. The number of benzene rings is 2. The maximum absolute atomic E-state index is 10.6. The minimum absolute atomic E-state index is 0. The maximum Gasteiger partial charge on any atom is 2.00 e. The smallest absolute Gasteiger partial charge is 0.550 e. The molecule has 0 fully saturated rings. The molecule has 332 valence electrons. The summed E-state index contributed by atoms with van der Waals surface area (Å²) in [6.07, 6.45) is 28.0. The van der Waals surface area contributed by atoms with Crippen molar-refractivity contribution >= 4 is 60.8 Å². The molecule has 0 aliphatic rings. The summed E-state index contributed by atoms with van der Waals surface area (Å²) in [5.74, 6) is -2.40. The van der Waals surface area contributed by atoms with Crippen LogP contribution in [0.1, 0.15) is 205 Å². The normalized spacial score (nSPS) is 13.1. The zero-order valence-electron chi connectivity index (χ0n) is 37.3. The van der Waals surface area contributed by atoms with Crippen molar-refractivity contribution in [2.24, 2.45) is 0 Å². The molecule has 0 saturated carbocycles. The predicted molar refractivity (Wildman–Crippen MR) is 238 cm³/mol. The molecule has 2 N–H and O–H groups in total. The van der Waals surface area contributed by atoms with Crippen LogP contribution in [0.25, 0.3) is 0 Å². The molecule has 0 saturated heterocycles. The molecule has 4 unspecified atom stereocenters. The van der Waals surface area contributed by atoms with Gasteiger partial charge in [-0.15, -0.1) is 0 Å². The summed E-state index contributed by atoms with van der Waals surface area (Å²) >= 11 is 0. The summed E-state index contributed by atoms with van der Waals surface area (Å²) in [6, 6.07) is 20.1. The average Bonchev–Trinajstić information content (AvgIpc) is 3.21. The molecule has 9 heteroatoms. The average molecular weight is 949 g/mol. The molecule has 0 aliphatic heterocycles. The van der Waals surface area contributed by atoms with Crippen molar-refractivity contribution in [3.05, 3.63) is 71.8 Å². The molecule has 8 nitrogen and oxygen atoms in total. The van der Waals surface area contributed by atoms with E-state index in [0.29, 0.717) is 38.9 Å². The fraction of sp³-hybridized carbons (Fsp3) is 0.720. The third kappa shape index (κ3) is 38.2. The number of unbranched alkanes of at least 4 members (excludes halogenated alkanes) is 18. The van der Waals surface area contributed by atoms with Crippen LogP contribution < -0.4 is 10.2 Å². The summed E-state index contributed by atoms with van der Waals surface area (Å²) in [6.45, 7) is 5.61. The minimum atomic E-state index is -1.20. The first kappa shape index (κ1) is 57.8. The molecule has 0 amide bonds. The van der Waals surface area contributed by atoms with E-state index in [1.54, 1.807) is 0 Å². The van der Waals surface area contributed by atoms with E-state index < -0.39 is 24.1 Å². The number of hydrogen-bond acceptors (Lipinski definition) is 8. The van der Waals surface area contributed by atoms with Crippen LogP contribution in [0.3, 0.4) is 0 Å². The van der Waals surface area contributed by atoms with Gasteiger partial charge in [-0.3, -0.25) is 0 Å². The molecule has 2 aromatic carbocycles. The van der Waals surface area contributed by atoms with Crippen LogP contribution in [0.5, 0.6) is 0 Å². The van der Waals surface area contributed by atoms with Gasteiger partial charge in [-0.05, 0) is 49.7 Å². The van der Waals surface area contributed by atoms with Crippen LogP contribution in [-0.2, 0) is 32.3 Å². The van der Waals surface area contributed by atoms with Gasteiger partial charge in [0.05, 0.1) is 37.6 Å². The number of aliphatic carboxylic acids is 2. The number of aliphatic hydroxyl groups is 2. The van der Waals surface area contributed by atoms with Gasteiger partial charge in [-0.2, -0.15) is 0 Å². The van der Waals surface area contributed by atoms with Crippen molar-refractivity contribution in [2.45, 2.75) is 231 Å². The number of hydrogen-bond donors (Lipinski definition) is 2. The first-order chi connectivity index (χ1) is 28.2. The standard InChI is InChI=1S/2C25H42O4.Ba/c2*1-2-3-4-5-6-7-8-9-10-14-17-24(19-18-23(26)20-25(27)28)29-21-22-15-12-11-13-16-22;/h2*11-13,15-16,23-24,26H,2-10,14,17-21H2,1H3,(H,27,28);/q;;+2/p-2. The van der Waals surface area contributed by atoms with Crippen molar-refractivity contribution < 1.29 is 39.5 Å². The summed E-state index contributed by atoms with van der Waals surface area (Å²) < 4.78 is 12.2. The molecular weight excluding hydrogens is 866 g/mol. The number of carboxylic acid groups (broad SMARTS) is 2. The molecule has 2 rings (SSSR count). The van der Waals surface area contributed by atoms with E-state index in [2.05, 4.69) is 13.8 Å². The number of carboxylic acids is 2. The number of ether oxygens (including phenoxy) is 2. The van der Waals surface area contributed by atoms with Crippen LogP contribution in [-0.4, -0.2) is 95.4 Å². The second-order valence-electron chi connectivity index (χ2n) is 16.4. The van der Waals surface area contributed by atoms with E-state index in [-0.39, 0.29) is 73.9 Å². The van der Waals surface area contributed by atoms with Crippen LogP contribution in [0.15, 0.2) is 60.7 Å². The first-order valence-electron chi connectivity index (χ1n) is 23.3. The Bertz CT molecular complexity index is 1110. The topological polar surface area (TPSA) is 139 Å². The van der Waals surface area contributed by atoms with Gasteiger partial charge in [0.25, 0.3) is 0 Å².